The highest BCUT2D eigenvalue weighted by Gasteiger charge is 2.30. The third kappa shape index (κ3) is 6.48. The minimum Gasteiger partial charge on any atom is -0.455 e. The van der Waals surface area contributed by atoms with Gasteiger partial charge in [-0.3, -0.25) is 14.4 Å². The molecular formula is C21H27FN2O4. The minimum absolute atomic E-state index is 0.205. The van der Waals surface area contributed by atoms with E-state index in [1.54, 1.807) is 20.8 Å². The van der Waals surface area contributed by atoms with E-state index in [0.717, 1.165) is 6.42 Å². The van der Waals surface area contributed by atoms with E-state index < -0.39 is 29.8 Å². The van der Waals surface area contributed by atoms with Crippen LogP contribution >= 0.6 is 0 Å². The van der Waals surface area contributed by atoms with E-state index in [9.17, 15) is 18.8 Å². The summed E-state index contributed by atoms with van der Waals surface area (Å²) in [7, 11) is 0. The Kier molecular flexibility index (Phi) is 7.31. The molecule has 0 heterocycles. The molecule has 0 spiro atoms. The standard InChI is InChI=1S/C21H27FN2O4/c1-21(2,3)24(13-18(25)23-17-11-9-16(22)10-12-17)19(26)14-28-20(27)15-7-5-4-6-8-15/h4-5,9-12,15H,6-8,13-14H2,1-3H3,(H,23,25)/t15-/m1/s1. The molecule has 1 N–H and O–H groups in total. The van der Waals surface area contributed by atoms with Crippen LogP contribution in [0.1, 0.15) is 40.0 Å². The number of esters is 1. The molecule has 0 aliphatic heterocycles. The number of amides is 2. The molecule has 1 aliphatic carbocycles. The van der Waals surface area contributed by atoms with Crippen molar-refractivity contribution in [2.24, 2.45) is 5.92 Å². The van der Waals surface area contributed by atoms with Gasteiger partial charge >= 0.3 is 5.97 Å². The fourth-order valence-corrected chi connectivity index (χ4v) is 2.91. The Balaban J connectivity index is 1.93. The highest BCUT2D eigenvalue weighted by Crippen LogP contribution is 2.20. The van der Waals surface area contributed by atoms with Crippen molar-refractivity contribution in [1.29, 1.82) is 0 Å². The molecule has 0 fully saturated rings. The summed E-state index contributed by atoms with van der Waals surface area (Å²) in [4.78, 5) is 38.4. The molecule has 0 saturated carbocycles. The number of anilines is 1. The first-order valence-corrected chi connectivity index (χ1v) is 9.34. The van der Waals surface area contributed by atoms with Crippen LogP contribution in [0.15, 0.2) is 36.4 Å². The van der Waals surface area contributed by atoms with Crippen molar-refractivity contribution in [3.63, 3.8) is 0 Å². The van der Waals surface area contributed by atoms with Crippen LogP contribution in [0.5, 0.6) is 0 Å². The average molecular weight is 390 g/mol. The summed E-state index contributed by atoms with van der Waals surface area (Å²) >= 11 is 0. The molecule has 1 aliphatic rings. The lowest BCUT2D eigenvalue weighted by Gasteiger charge is -2.35. The van der Waals surface area contributed by atoms with Crippen LogP contribution in [0.4, 0.5) is 10.1 Å². The summed E-state index contributed by atoms with van der Waals surface area (Å²) in [6.45, 7) is 4.78. The van der Waals surface area contributed by atoms with E-state index in [1.807, 2.05) is 12.2 Å². The fraction of sp³-hybridized carbons (Fsp3) is 0.476. The maximum absolute atomic E-state index is 13.0. The molecule has 0 unspecified atom stereocenters. The number of hydrogen-bond donors (Lipinski definition) is 1. The predicted molar refractivity (Wildman–Crippen MR) is 104 cm³/mol. The predicted octanol–water partition coefficient (Wildman–Crippen LogP) is 3.29. The fourth-order valence-electron chi connectivity index (χ4n) is 2.91. The molecule has 1 aromatic rings. The van der Waals surface area contributed by atoms with Gasteiger partial charge < -0.3 is 15.0 Å². The zero-order valence-corrected chi connectivity index (χ0v) is 16.5. The van der Waals surface area contributed by atoms with Crippen molar-refractivity contribution in [3.05, 3.63) is 42.2 Å². The summed E-state index contributed by atoms with van der Waals surface area (Å²) in [5.74, 6) is -1.87. The first-order chi connectivity index (χ1) is 13.2. The quantitative estimate of drug-likeness (QED) is 0.597. The molecule has 2 amide bonds. The van der Waals surface area contributed by atoms with E-state index in [-0.39, 0.29) is 18.4 Å². The zero-order valence-electron chi connectivity index (χ0n) is 16.5. The van der Waals surface area contributed by atoms with Crippen molar-refractivity contribution in [1.82, 2.24) is 4.90 Å². The highest BCUT2D eigenvalue weighted by atomic mass is 19.1. The van der Waals surface area contributed by atoms with Gasteiger partial charge in [-0.15, -0.1) is 0 Å². The lowest BCUT2D eigenvalue weighted by atomic mass is 9.95. The molecule has 1 atom stereocenters. The first-order valence-electron chi connectivity index (χ1n) is 9.34. The first kappa shape index (κ1) is 21.6. The van der Waals surface area contributed by atoms with Gasteiger partial charge in [0.15, 0.2) is 6.61 Å². The van der Waals surface area contributed by atoms with Gasteiger partial charge in [-0.05, 0) is 64.3 Å². The molecule has 0 radical (unpaired) electrons. The van der Waals surface area contributed by atoms with Crippen LogP contribution < -0.4 is 5.32 Å². The SMILES string of the molecule is CC(C)(C)N(CC(=O)Nc1ccc(F)cc1)C(=O)COC(=O)[C@@H]1CC=CCC1. The number of carbonyl (C=O) groups excluding carboxylic acids is 3. The Hall–Kier alpha value is -2.70. The number of allylic oxidation sites excluding steroid dienone is 2. The summed E-state index contributed by atoms with van der Waals surface area (Å²) in [6, 6.07) is 5.36. The summed E-state index contributed by atoms with van der Waals surface area (Å²) < 4.78 is 18.2. The number of rotatable bonds is 6. The maximum atomic E-state index is 13.0. The number of nitrogens with one attached hydrogen (secondary N) is 1. The molecular weight excluding hydrogens is 363 g/mol. The third-order valence-electron chi connectivity index (χ3n) is 4.48. The van der Waals surface area contributed by atoms with Gasteiger partial charge in [-0.1, -0.05) is 12.2 Å². The van der Waals surface area contributed by atoms with Gasteiger partial charge in [0.2, 0.25) is 5.91 Å². The molecule has 6 nitrogen and oxygen atoms in total. The summed E-state index contributed by atoms with van der Waals surface area (Å²) in [6.07, 6.45) is 6.13. The van der Waals surface area contributed by atoms with E-state index in [1.165, 1.54) is 29.2 Å². The van der Waals surface area contributed by atoms with Crippen LogP contribution in [0.2, 0.25) is 0 Å². The zero-order chi connectivity index (χ0) is 20.7. The number of nitrogens with zero attached hydrogens (tertiary/aromatic N) is 1. The van der Waals surface area contributed by atoms with Crippen LogP contribution in [-0.4, -0.2) is 41.4 Å². The van der Waals surface area contributed by atoms with E-state index in [2.05, 4.69) is 5.32 Å². The number of halogens is 1. The largest absolute Gasteiger partial charge is 0.455 e. The maximum Gasteiger partial charge on any atom is 0.309 e. The van der Waals surface area contributed by atoms with Crippen molar-refractivity contribution < 1.29 is 23.5 Å². The number of hydrogen-bond acceptors (Lipinski definition) is 4. The lowest BCUT2D eigenvalue weighted by Crippen LogP contribution is -2.50. The van der Waals surface area contributed by atoms with E-state index in [0.29, 0.717) is 18.5 Å². The molecule has 0 aromatic heterocycles. The third-order valence-corrected chi connectivity index (χ3v) is 4.48. The van der Waals surface area contributed by atoms with Gasteiger partial charge in [-0.2, -0.15) is 0 Å². The Morgan fingerprint density at radius 1 is 1.18 bits per heavy atom. The van der Waals surface area contributed by atoms with E-state index in [4.69, 9.17) is 4.74 Å². The van der Waals surface area contributed by atoms with Gasteiger partial charge in [0, 0.05) is 11.2 Å². The molecule has 2 rings (SSSR count). The molecule has 0 saturated heterocycles. The highest BCUT2D eigenvalue weighted by molar-refractivity contribution is 5.95. The lowest BCUT2D eigenvalue weighted by molar-refractivity contribution is -0.158. The average Bonchev–Trinajstić information content (AvgIpc) is 2.65. The normalized spacial score (nSPS) is 16.4. The minimum atomic E-state index is -0.642. The second-order valence-corrected chi connectivity index (χ2v) is 7.79. The molecule has 1 aromatic carbocycles. The monoisotopic (exact) mass is 390 g/mol. The summed E-state index contributed by atoms with van der Waals surface area (Å²) in [5, 5.41) is 2.63. The second kappa shape index (κ2) is 9.48. The molecule has 152 valence electrons. The van der Waals surface area contributed by atoms with Gasteiger partial charge in [0.1, 0.15) is 12.4 Å². The smallest absolute Gasteiger partial charge is 0.309 e. The molecule has 28 heavy (non-hydrogen) atoms. The number of carbonyl (C=O) groups is 3. The number of benzene rings is 1. The van der Waals surface area contributed by atoms with Gasteiger partial charge in [-0.25, -0.2) is 4.39 Å². The van der Waals surface area contributed by atoms with Crippen molar-refractivity contribution in [2.45, 2.75) is 45.6 Å². The second-order valence-electron chi connectivity index (χ2n) is 7.79. The number of ether oxygens (including phenoxy) is 1. The Morgan fingerprint density at radius 3 is 2.43 bits per heavy atom. The molecule has 7 heteroatoms. The Bertz CT molecular complexity index is 738. The van der Waals surface area contributed by atoms with Crippen LogP contribution in [0.3, 0.4) is 0 Å². The van der Waals surface area contributed by atoms with Crippen molar-refractivity contribution >= 4 is 23.5 Å². The van der Waals surface area contributed by atoms with Crippen LogP contribution in [0, 0.1) is 11.7 Å². The van der Waals surface area contributed by atoms with Crippen molar-refractivity contribution in [3.8, 4) is 0 Å². The Labute approximate surface area is 164 Å². The van der Waals surface area contributed by atoms with E-state index >= 15 is 0 Å². The van der Waals surface area contributed by atoms with Crippen LogP contribution in [-0.2, 0) is 19.1 Å². The van der Waals surface area contributed by atoms with Gasteiger partial charge in [0.25, 0.3) is 5.91 Å². The molecule has 0 bridgehead atoms. The topological polar surface area (TPSA) is 75.7 Å². The summed E-state index contributed by atoms with van der Waals surface area (Å²) in [5.41, 5.74) is -0.207. The van der Waals surface area contributed by atoms with Gasteiger partial charge in [0.05, 0.1) is 5.92 Å². The van der Waals surface area contributed by atoms with Crippen molar-refractivity contribution in [2.75, 3.05) is 18.5 Å². The van der Waals surface area contributed by atoms with Crippen LogP contribution in [0.25, 0.3) is 0 Å². The Morgan fingerprint density at radius 2 is 1.86 bits per heavy atom.